The van der Waals surface area contributed by atoms with E-state index in [2.05, 4.69) is 0 Å². The average molecular weight is 328 g/mol. The van der Waals surface area contributed by atoms with E-state index in [1.165, 1.54) is 38.0 Å². The molecule has 0 unspecified atom stereocenters. The molecule has 1 aromatic heterocycles. The normalized spacial score (nSPS) is 10.8. The zero-order valence-corrected chi connectivity index (χ0v) is 13.2. The van der Waals surface area contributed by atoms with Crippen LogP contribution in [0, 0.1) is 11.6 Å². The quantitative estimate of drug-likeness (QED) is 0.937. The first-order valence-electron chi connectivity index (χ1n) is 6.22. The molecule has 2 aromatic rings. The fourth-order valence-corrected chi connectivity index (χ4v) is 3.18. The molecule has 0 spiro atoms. The molecule has 0 aliphatic carbocycles. The molecule has 2 rings (SSSR count). The summed E-state index contributed by atoms with van der Waals surface area (Å²) in [6, 6.07) is 0. The van der Waals surface area contributed by atoms with Crippen LogP contribution in [0.3, 0.4) is 0 Å². The van der Waals surface area contributed by atoms with Crippen LogP contribution in [0.1, 0.15) is 10.4 Å². The van der Waals surface area contributed by atoms with Gasteiger partial charge in [-0.1, -0.05) is 0 Å². The van der Waals surface area contributed by atoms with Gasteiger partial charge in [0.1, 0.15) is 11.3 Å². The molecule has 22 heavy (non-hydrogen) atoms. The van der Waals surface area contributed by atoms with E-state index in [9.17, 15) is 18.4 Å². The lowest BCUT2D eigenvalue weighted by Gasteiger charge is -2.22. The van der Waals surface area contributed by atoms with Crippen LogP contribution in [0.2, 0.25) is 0 Å². The van der Waals surface area contributed by atoms with Crippen LogP contribution in [-0.2, 0) is 0 Å². The molecular formula is C14H14F2N2O3S. The maximum absolute atomic E-state index is 14.7. The summed E-state index contributed by atoms with van der Waals surface area (Å²) in [4.78, 5) is 26.0. The van der Waals surface area contributed by atoms with Gasteiger partial charge in [-0.3, -0.25) is 4.79 Å². The molecule has 0 bridgehead atoms. The Labute approximate surface area is 129 Å². The third-order valence-electron chi connectivity index (χ3n) is 3.18. The Hall–Kier alpha value is -2.22. The molecule has 0 saturated heterocycles. The minimum Gasteiger partial charge on any atom is -0.478 e. The SMILES string of the molecule is CN(C)c1c(F)c(N(C)C)c2c(=O)c(C(=O)O)csc2c1F. The van der Waals surface area contributed by atoms with E-state index in [4.69, 9.17) is 5.11 Å². The number of aromatic carboxylic acids is 1. The largest absolute Gasteiger partial charge is 0.478 e. The van der Waals surface area contributed by atoms with Crippen molar-refractivity contribution in [3.05, 3.63) is 32.8 Å². The van der Waals surface area contributed by atoms with E-state index in [1.807, 2.05) is 0 Å². The van der Waals surface area contributed by atoms with Crippen LogP contribution in [0.4, 0.5) is 20.2 Å². The van der Waals surface area contributed by atoms with Gasteiger partial charge >= 0.3 is 5.97 Å². The number of halogens is 2. The van der Waals surface area contributed by atoms with Gasteiger partial charge in [-0.25, -0.2) is 13.6 Å². The highest BCUT2D eigenvalue weighted by Gasteiger charge is 2.26. The molecule has 0 radical (unpaired) electrons. The Balaban J connectivity index is 3.12. The van der Waals surface area contributed by atoms with Crippen molar-refractivity contribution in [1.82, 2.24) is 0 Å². The summed E-state index contributed by atoms with van der Waals surface area (Å²) in [5.74, 6) is -3.20. The van der Waals surface area contributed by atoms with Gasteiger partial charge in [-0.2, -0.15) is 0 Å². The lowest BCUT2D eigenvalue weighted by Crippen LogP contribution is -2.22. The number of carbonyl (C=O) groups is 1. The monoisotopic (exact) mass is 328 g/mol. The predicted octanol–water partition coefficient (Wildman–Crippen LogP) is 2.37. The molecule has 1 heterocycles. The Morgan fingerprint density at radius 2 is 1.64 bits per heavy atom. The molecule has 0 amide bonds. The number of rotatable bonds is 3. The van der Waals surface area contributed by atoms with Gasteiger partial charge in [0, 0.05) is 33.6 Å². The molecule has 0 aliphatic heterocycles. The van der Waals surface area contributed by atoms with Gasteiger partial charge in [0.15, 0.2) is 11.6 Å². The summed E-state index contributed by atoms with van der Waals surface area (Å²) in [6.07, 6.45) is 0. The summed E-state index contributed by atoms with van der Waals surface area (Å²) < 4.78 is 29.2. The second-order valence-electron chi connectivity index (χ2n) is 5.10. The molecule has 118 valence electrons. The highest BCUT2D eigenvalue weighted by Crippen LogP contribution is 2.38. The number of hydrogen-bond donors (Lipinski definition) is 1. The third kappa shape index (κ3) is 2.29. The van der Waals surface area contributed by atoms with Crippen LogP contribution < -0.4 is 15.2 Å². The van der Waals surface area contributed by atoms with Gasteiger partial charge in [0.2, 0.25) is 5.43 Å². The number of carboxylic acid groups (broad SMARTS) is 1. The van der Waals surface area contributed by atoms with Crippen molar-refractivity contribution in [2.75, 3.05) is 38.0 Å². The maximum atomic E-state index is 14.7. The van der Waals surface area contributed by atoms with Crippen molar-refractivity contribution in [2.24, 2.45) is 0 Å². The Bertz CT molecular complexity index is 831. The van der Waals surface area contributed by atoms with Crippen molar-refractivity contribution in [2.45, 2.75) is 0 Å². The minimum atomic E-state index is -1.43. The Morgan fingerprint density at radius 1 is 1.09 bits per heavy atom. The number of carboxylic acids is 1. The number of anilines is 2. The van der Waals surface area contributed by atoms with Crippen molar-refractivity contribution < 1.29 is 18.7 Å². The van der Waals surface area contributed by atoms with Crippen molar-refractivity contribution >= 4 is 38.8 Å². The Morgan fingerprint density at radius 3 is 2.09 bits per heavy atom. The van der Waals surface area contributed by atoms with Crippen molar-refractivity contribution in [3.63, 3.8) is 0 Å². The van der Waals surface area contributed by atoms with Crippen LogP contribution in [0.15, 0.2) is 10.2 Å². The highest BCUT2D eigenvalue weighted by atomic mass is 32.1. The minimum absolute atomic E-state index is 0.0659. The van der Waals surface area contributed by atoms with E-state index < -0.39 is 28.6 Å². The van der Waals surface area contributed by atoms with E-state index >= 15 is 0 Å². The van der Waals surface area contributed by atoms with E-state index in [0.29, 0.717) is 0 Å². The first kappa shape index (κ1) is 16.2. The molecule has 8 heteroatoms. The third-order valence-corrected chi connectivity index (χ3v) is 4.15. The number of hydrogen-bond acceptors (Lipinski definition) is 5. The van der Waals surface area contributed by atoms with Gasteiger partial charge in [-0.05, 0) is 0 Å². The standard InChI is InChI=1S/C14H14F2N2O3S/c1-17(2)10-7-12(19)6(14(20)21)5-22-13(7)9(16)11(8(10)15)18(3)4/h5H,1-4H3,(H,20,21). The van der Waals surface area contributed by atoms with Gasteiger partial charge in [-0.15, -0.1) is 11.3 Å². The predicted molar refractivity (Wildman–Crippen MR) is 83.6 cm³/mol. The Kier molecular flexibility index (Phi) is 4.06. The molecule has 0 atom stereocenters. The average Bonchev–Trinajstić information content (AvgIpc) is 2.38. The summed E-state index contributed by atoms with van der Waals surface area (Å²) >= 11 is 0.769. The van der Waals surface area contributed by atoms with Crippen molar-refractivity contribution in [3.8, 4) is 0 Å². The molecule has 0 aliphatic rings. The van der Waals surface area contributed by atoms with Crippen LogP contribution in [-0.4, -0.2) is 39.3 Å². The zero-order valence-electron chi connectivity index (χ0n) is 12.4. The van der Waals surface area contributed by atoms with Crippen LogP contribution >= 0.6 is 11.3 Å². The smallest absolute Gasteiger partial charge is 0.340 e. The zero-order chi connectivity index (χ0) is 16.8. The number of benzene rings is 1. The van der Waals surface area contributed by atoms with Crippen molar-refractivity contribution in [1.29, 1.82) is 0 Å². The van der Waals surface area contributed by atoms with E-state index in [-0.39, 0.29) is 21.5 Å². The lowest BCUT2D eigenvalue weighted by molar-refractivity contribution is 0.0696. The molecular weight excluding hydrogens is 314 g/mol. The molecule has 5 nitrogen and oxygen atoms in total. The molecule has 0 saturated carbocycles. The molecule has 0 fully saturated rings. The number of nitrogens with zero attached hydrogens (tertiary/aromatic N) is 2. The van der Waals surface area contributed by atoms with Gasteiger partial charge < -0.3 is 14.9 Å². The summed E-state index contributed by atoms with van der Waals surface area (Å²) in [5, 5.41) is 9.86. The van der Waals surface area contributed by atoms with Gasteiger partial charge in [0.05, 0.1) is 15.8 Å². The number of fused-ring (bicyclic) bond motifs is 1. The first-order chi connectivity index (χ1) is 10.2. The second-order valence-corrected chi connectivity index (χ2v) is 5.98. The first-order valence-corrected chi connectivity index (χ1v) is 7.10. The maximum Gasteiger partial charge on any atom is 0.340 e. The summed E-state index contributed by atoms with van der Waals surface area (Å²) in [7, 11) is 5.99. The van der Waals surface area contributed by atoms with Gasteiger partial charge in [0.25, 0.3) is 0 Å². The fourth-order valence-electron chi connectivity index (χ4n) is 2.23. The molecule has 1 N–H and O–H groups in total. The summed E-state index contributed by atoms with van der Waals surface area (Å²) in [5.41, 5.74) is -1.79. The fraction of sp³-hybridized carbons (Fsp3) is 0.286. The lowest BCUT2D eigenvalue weighted by atomic mass is 10.1. The second kappa shape index (κ2) is 5.53. The summed E-state index contributed by atoms with van der Waals surface area (Å²) in [6.45, 7) is 0. The van der Waals surface area contributed by atoms with Crippen LogP contribution in [0.25, 0.3) is 10.1 Å². The molecule has 1 aromatic carbocycles. The van der Waals surface area contributed by atoms with E-state index in [1.54, 1.807) is 0 Å². The topological polar surface area (TPSA) is 60.9 Å². The highest BCUT2D eigenvalue weighted by molar-refractivity contribution is 7.17. The van der Waals surface area contributed by atoms with E-state index in [0.717, 1.165) is 16.7 Å². The van der Waals surface area contributed by atoms with Crippen LogP contribution in [0.5, 0.6) is 0 Å².